The van der Waals surface area contributed by atoms with Crippen LogP contribution in [-0.4, -0.2) is 37.0 Å². The van der Waals surface area contributed by atoms with Crippen LogP contribution in [0, 0.1) is 6.92 Å². The molecule has 1 atom stereocenters. The molecule has 1 amide bonds. The van der Waals surface area contributed by atoms with E-state index < -0.39 is 0 Å². The Morgan fingerprint density at radius 3 is 2.78 bits per heavy atom. The molecule has 2 rings (SSSR count). The van der Waals surface area contributed by atoms with Crippen LogP contribution in [0.4, 0.5) is 0 Å². The second-order valence-corrected chi connectivity index (χ2v) is 5.34. The van der Waals surface area contributed by atoms with Crippen LogP contribution >= 0.6 is 28.3 Å². The number of rotatable bonds is 2. The van der Waals surface area contributed by atoms with Gasteiger partial charge in [0.25, 0.3) is 5.91 Å². The summed E-state index contributed by atoms with van der Waals surface area (Å²) in [6.45, 7) is 3.66. The fraction of sp³-hybridized carbons (Fsp3) is 0.462. The van der Waals surface area contributed by atoms with Crippen molar-refractivity contribution in [2.24, 2.45) is 0 Å². The molecule has 1 aromatic carbocycles. The molecule has 18 heavy (non-hydrogen) atoms. The second kappa shape index (κ2) is 6.55. The van der Waals surface area contributed by atoms with Gasteiger partial charge in [-0.1, -0.05) is 15.9 Å². The molecule has 1 aliphatic rings. The first-order valence-electron chi connectivity index (χ1n) is 5.84. The lowest BCUT2D eigenvalue weighted by Gasteiger charge is -2.17. The molecule has 0 aliphatic carbocycles. The third-order valence-electron chi connectivity index (χ3n) is 3.29. The zero-order valence-corrected chi connectivity index (χ0v) is 13.0. The highest BCUT2D eigenvalue weighted by molar-refractivity contribution is 9.10. The highest BCUT2D eigenvalue weighted by Gasteiger charge is 2.25. The summed E-state index contributed by atoms with van der Waals surface area (Å²) in [5.74, 6) is 0.137. The second-order valence-electron chi connectivity index (χ2n) is 4.49. The van der Waals surface area contributed by atoms with Crippen LogP contribution in [0.3, 0.4) is 0 Å². The van der Waals surface area contributed by atoms with Crippen molar-refractivity contribution in [3.05, 3.63) is 33.8 Å². The van der Waals surface area contributed by atoms with Gasteiger partial charge in [0, 0.05) is 29.2 Å². The monoisotopic (exact) mass is 332 g/mol. The average molecular weight is 334 g/mol. The van der Waals surface area contributed by atoms with Gasteiger partial charge in [-0.3, -0.25) is 4.79 Å². The van der Waals surface area contributed by atoms with Crippen molar-refractivity contribution in [2.45, 2.75) is 19.4 Å². The predicted molar refractivity (Wildman–Crippen MR) is 79.5 cm³/mol. The Morgan fingerprint density at radius 1 is 1.50 bits per heavy atom. The Bertz CT molecular complexity index is 439. The van der Waals surface area contributed by atoms with Gasteiger partial charge in [-0.05, 0) is 44.2 Å². The van der Waals surface area contributed by atoms with Gasteiger partial charge in [0.15, 0.2) is 0 Å². The third kappa shape index (κ3) is 3.25. The summed E-state index contributed by atoms with van der Waals surface area (Å²) < 4.78 is 1.04. The first-order valence-corrected chi connectivity index (χ1v) is 6.64. The Kier molecular flexibility index (Phi) is 5.63. The molecule has 100 valence electrons. The summed E-state index contributed by atoms with van der Waals surface area (Å²) in [6.07, 6.45) is 1.04. The van der Waals surface area contributed by atoms with Crippen LogP contribution < -0.4 is 5.32 Å². The molecule has 1 N–H and O–H groups in total. The molecule has 0 aromatic heterocycles. The van der Waals surface area contributed by atoms with Crippen LogP contribution in [0.2, 0.25) is 0 Å². The zero-order chi connectivity index (χ0) is 12.4. The van der Waals surface area contributed by atoms with E-state index >= 15 is 0 Å². The first-order chi connectivity index (χ1) is 8.11. The van der Waals surface area contributed by atoms with Gasteiger partial charge < -0.3 is 10.2 Å². The number of likely N-dealkylation sites (N-methyl/N-ethyl adjacent to an activating group) is 1. The summed E-state index contributed by atoms with van der Waals surface area (Å²) >= 11 is 3.45. The molecule has 1 heterocycles. The van der Waals surface area contributed by atoms with Gasteiger partial charge in [-0.15, -0.1) is 12.4 Å². The topological polar surface area (TPSA) is 32.3 Å². The Hall–Kier alpha value is -0.580. The van der Waals surface area contributed by atoms with Crippen molar-refractivity contribution in [2.75, 3.05) is 20.1 Å². The molecule has 3 nitrogen and oxygen atoms in total. The van der Waals surface area contributed by atoms with E-state index in [0.717, 1.165) is 35.1 Å². The van der Waals surface area contributed by atoms with Crippen molar-refractivity contribution >= 4 is 34.2 Å². The highest BCUT2D eigenvalue weighted by atomic mass is 79.9. The number of hydrogen-bond acceptors (Lipinski definition) is 2. The lowest BCUT2D eigenvalue weighted by Crippen LogP contribution is -2.33. The van der Waals surface area contributed by atoms with E-state index in [2.05, 4.69) is 21.2 Å². The normalized spacial score (nSPS) is 18.6. The van der Waals surface area contributed by atoms with E-state index in [9.17, 15) is 4.79 Å². The number of likely N-dealkylation sites (tertiary alicyclic amines) is 1. The minimum atomic E-state index is 0. The summed E-state index contributed by atoms with van der Waals surface area (Å²) in [6, 6.07) is 6.20. The van der Waals surface area contributed by atoms with E-state index in [1.807, 2.05) is 37.1 Å². The molecule has 5 heteroatoms. The molecule has 1 aliphatic heterocycles. The maximum atomic E-state index is 12.3. The highest BCUT2D eigenvalue weighted by Crippen LogP contribution is 2.19. The minimum absolute atomic E-state index is 0. The van der Waals surface area contributed by atoms with Crippen molar-refractivity contribution in [1.82, 2.24) is 10.2 Å². The summed E-state index contributed by atoms with van der Waals surface area (Å²) in [5.41, 5.74) is 1.88. The SMILES string of the molecule is CNC1CCN(C(=O)c2ccc(Br)c(C)c2)C1.Cl. The van der Waals surface area contributed by atoms with E-state index in [1.54, 1.807) is 0 Å². The van der Waals surface area contributed by atoms with Crippen LogP contribution in [0.1, 0.15) is 22.3 Å². The van der Waals surface area contributed by atoms with E-state index in [-0.39, 0.29) is 18.3 Å². The maximum absolute atomic E-state index is 12.3. The largest absolute Gasteiger partial charge is 0.337 e. The van der Waals surface area contributed by atoms with Gasteiger partial charge >= 0.3 is 0 Å². The summed E-state index contributed by atoms with van der Waals surface area (Å²) in [5, 5.41) is 3.22. The molecular weight excluding hydrogens is 316 g/mol. The van der Waals surface area contributed by atoms with Gasteiger partial charge in [0.2, 0.25) is 0 Å². The number of carbonyl (C=O) groups is 1. The zero-order valence-electron chi connectivity index (χ0n) is 10.6. The number of aryl methyl sites for hydroxylation is 1. The van der Waals surface area contributed by atoms with E-state index in [4.69, 9.17) is 0 Å². The minimum Gasteiger partial charge on any atom is -0.337 e. The average Bonchev–Trinajstić information content (AvgIpc) is 2.80. The number of carbonyl (C=O) groups excluding carboxylic acids is 1. The van der Waals surface area contributed by atoms with Gasteiger partial charge in [0.05, 0.1) is 0 Å². The number of amides is 1. The number of nitrogens with zero attached hydrogens (tertiary/aromatic N) is 1. The molecule has 0 radical (unpaired) electrons. The van der Waals surface area contributed by atoms with Crippen molar-refractivity contribution in [3.63, 3.8) is 0 Å². The molecule has 1 saturated heterocycles. The Morgan fingerprint density at radius 2 is 2.22 bits per heavy atom. The number of halogens is 2. The standard InChI is InChI=1S/C13H17BrN2O.ClH/c1-9-7-10(3-4-12(9)14)13(17)16-6-5-11(8-16)15-2;/h3-4,7,11,15H,5-6,8H2,1-2H3;1H. The molecule has 1 fully saturated rings. The van der Waals surface area contributed by atoms with Crippen molar-refractivity contribution in [3.8, 4) is 0 Å². The lowest BCUT2D eigenvalue weighted by atomic mass is 10.1. The fourth-order valence-corrected chi connectivity index (χ4v) is 2.39. The molecule has 0 bridgehead atoms. The van der Waals surface area contributed by atoms with Crippen LogP contribution in [-0.2, 0) is 0 Å². The summed E-state index contributed by atoms with van der Waals surface area (Å²) in [4.78, 5) is 14.2. The van der Waals surface area contributed by atoms with Crippen LogP contribution in [0.15, 0.2) is 22.7 Å². The number of hydrogen-bond donors (Lipinski definition) is 1. The Labute approximate surface area is 122 Å². The molecule has 0 spiro atoms. The van der Waals surface area contributed by atoms with Crippen molar-refractivity contribution in [1.29, 1.82) is 0 Å². The number of nitrogens with one attached hydrogen (secondary N) is 1. The van der Waals surface area contributed by atoms with Gasteiger partial charge in [0.1, 0.15) is 0 Å². The quantitative estimate of drug-likeness (QED) is 0.902. The van der Waals surface area contributed by atoms with E-state index in [1.165, 1.54) is 0 Å². The van der Waals surface area contributed by atoms with Gasteiger partial charge in [-0.25, -0.2) is 0 Å². The molecule has 1 unspecified atom stereocenters. The fourth-order valence-electron chi connectivity index (χ4n) is 2.14. The Balaban J connectivity index is 0.00000162. The van der Waals surface area contributed by atoms with E-state index in [0.29, 0.717) is 6.04 Å². The predicted octanol–water partition coefficient (Wildman–Crippen LogP) is 2.61. The third-order valence-corrected chi connectivity index (χ3v) is 4.18. The number of benzene rings is 1. The van der Waals surface area contributed by atoms with Crippen LogP contribution in [0.5, 0.6) is 0 Å². The molecular formula is C13H18BrClN2O. The van der Waals surface area contributed by atoms with Crippen LogP contribution in [0.25, 0.3) is 0 Å². The molecule has 1 aromatic rings. The lowest BCUT2D eigenvalue weighted by molar-refractivity contribution is 0.0789. The first kappa shape index (κ1) is 15.5. The smallest absolute Gasteiger partial charge is 0.253 e. The maximum Gasteiger partial charge on any atom is 0.253 e. The van der Waals surface area contributed by atoms with Gasteiger partial charge in [-0.2, -0.15) is 0 Å². The summed E-state index contributed by atoms with van der Waals surface area (Å²) in [7, 11) is 1.95. The molecule has 0 saturated carbocycles. The van der Waals surface area contributed by atoms with Crippen molar-refractivity contribution < 1.29 is 4.79 Å².